The Balaban J connectivity index is 2.86. The standard InChI is InChI=1S/C12H17FN2O2/c1-4-15(9(2)8-17-3)12(16)10-5-6-14-11(13)7-10/h5-7,9H,4,8H2,1-3H3. The van der Waals surface area contributed by atoms with Crippen molar-refractivity contribution in [3.8, 4) is 0 Å². The molecule has 0 bridgehead atoms. The van der Waals surface area contributed by atoms with Crippen molar-refractivity contribution in [3.63, 3.8) is 0 Å². The van der Waals surface area contributed by atoms with Gasteiger partial charge in [-0.05, 0) is 19.9 Å². The van der Waals surface area contributed by atoms with Gasteiger partial charge < -0.3 is 9.64 Å². The summed E-state index contributed by atoms with van der Waals surface area (Å²) in [5.74, 6) is -0.857. The topological polar surface area (TPSA) is 42.4 Å². The molecule has 1 rings (SSSR count). The summed E-state index contributed by atoms with van der Waals surface area (Å²) in [5, 5.41) is 0. The Bertz CT molecular complexity index is 385. The van der Waals surface area contributed by atoms with Crippen LogP contribution < -0.4 is 0 Å². The molecule has 5 heteroatoms. The molecule has 0 aliphatic carbocycles. The molecule has 0 saturated heterocycles. The summed E-state index contributed by atoms with van der Waals surface area (Å²) in [4.78, 5) is 17.2. The van der Waals surface area contributed by atoms with Gasteiger partial charge in [0.05, 0.1) is 12.6 Å². The maximum atomic E-state index is 12.9. The molecule has 1 aromatic heterocycles. The second-order valence-electron chi connectivity index (χ2n) is 3.76. The number of aromatic nitrogens is 1. The highest BCUT2D eigenvalue weighted by molar-refractivity contribution is 5.94. The van der Waals surface area contributed by atoms with E-state index in [4.69, 9.17) is 4.74 Å². The van der Waals surface area contributed by atoms with Crippen LogP contribution in [0.3, 0.4) is 0 Å². The molecule has 0 aliphatic heterocycles. The lowest BCUT2D eigenvalue weighted by Gasteiger charge is -2.27. The number of nitrogens with zero attached hydrogens (tertiary/aromatic N) is 2. The lowest BCUT2D eigenvalue weighted by molar-refractivity contribution is 0.0578. The molecule has 0 aromatic carbocycles. The third kappa shape index (κ3) is 3.49. The van der Waals surface area contributed by atoms with Gasteiger partial charge in [-0.1, -0.05) is 0 Å². The van der Waals surface area contributed by atoms with Crippen LogP contribution >= 0.6 is 0 Å². The zero-order valence-corrected chi connectivity index (χ0v) is 10.3. The van der Waals surface area contributed by atoms with E-state index in [1.54, 1.807) is 12.0 Å². The predicted molar refractivity (Wildman–Crippen MR) is 62.2 cm³/mol. The fourth-order valence-corrected chi connectivity index (χ4v) is 1.69. The van der Waals surface area contributed by atoms with E-state index in [0.717, 1.165) is 6.07 Å². The number of ether oxygens (including phenoxy) is 1. The van der Waals surface area contributed by atoms with Crippen molar-refractivity contribution < 1.29 is 13.9 Å². The van der Waals surface area contributed by atoms with Crippen molar-refractivity contribution >= 4 is 5.91 Å². The highest BCUT2D eigenvalue weighted by Gasteiger charge is 2.20. The first-order valence-electron chi connectivity index (χ1n) is 5.51. The average molecular weight is 240 g/mol. The zero-order chi connectivity index (χ0) is 12.8. The van der Waals surface area contributed by atoms with Gasteiger partial charge in [-0.15, -0.1) is 0 Å². The van der Waals surface area contributed by atoms with Gasteiger partial charge in [0.25, 0.3) is 5.91 Å². The Kier molecular flexibility index (Phi) is 5.03. The first-order chi connectivity index (χ1) is 8.10. The van der Waals surface area contributed by atoms with Crippen LogP contribution in [0.25, 0.3) is 0 Å². The highest BCUT2D eigenvalue weighted by Crippen LogP contribution is 2.09. The lowest BCUT2D eigenvalue weighted by atomic mass is 10.2. The summed E-state index contributed by atoms with van der Waals surface area (Å²) in [5.41, 5.74) is 0.308. The van der Waals surface area contributed by atoms with Gasteiger partial charge in [-0.3, -0.25) is 4.79 Å². The number of carbonyl (C=O) groups is 1. The lowest BCUT2D eigenvalue weighted by Crippen LogP contribution is -2.40. The largest absolute Gasteiger partial charge is 0.383 e. The molecule has 1 unspecified atom stereocenters. The van der Waals surface area contributed by atoms with Crippen LogP contribution in [0, 0.1) is 5.95 Å². The number of amides is 1. The van der Waals surface area contributed by atoms with Crippen molar-refractivity contribution in [3.05, 3.63) is 29.8 Å². The van der Waals surface area contributed by atoms with Crippen LogP contribution in [0.5, 0.6) is 0 Å². The van der Waals surface area contributed by atoms with E-state index in [1.165, 1.54) is 12.3 Å². The second-order valence-corrected chi connectivity index (χ2v) is 3.76. The minimum Gasteiger partial charge on any atom is -0.383 e. The molecule has 1 heterocycles. The minimum atomic E-state index is -0.647. The highest BCUT2D eigenvalue weighted by atomic mass is 19.1. The van der Waals surface area contributed by atoms with E-state index < -0.39 is 5.95 Å². The van der Waals surface area contributed by atoms with Gasteiger partial charge in [0.1, 0.15) is 0 Å². The second kappa shape index (κ2) is 6.30. The molecule has 17 heavy (non-hydrogen) atoms. The summed E-state index contributed by atoms with van der Waals surface area (Å²) in [6.07, 6.45) is 1.29. The normalized spacial score (nSPS) is 12.2. The summed E-state index contributed by atoms with van der Waals surface area (Å²) >= 11 is 0. The van der Waals surface area contributed by atoms with Gasteiger partial charge in [0.15, 0.2) is 0 Å². The van der Waals surface area contributed by atoms with Crippen molar-refractivity contribution in [2.75, 3.05) is 20.3 Å². The monoisotopic (exact) mass is 240 g/mol. The van der Waals surface area contributed by atoms with Crippen LogP contribution in [0.1, 0.15) is 24.2 Å². The molecule has 1 atom stereocenters. The van der Waals surface area contributed by atoms with Crippen molar-refractivity contribution in [2.45, 2.75) is 19.9 Å². The first-order valence-corrected chi connectivity index (χ1v) is 5.51. The molecule has 0 spiro atoms. The number of likely N-dealkylation sites (N-methyl/N-ethyl adjacent to an activating group) is 1. The number of hydrogen-bond donors (Lipinski definition) is 0. The maximum Gasteiger partial charge on any atom is 0.254 e. The Morgan fingerprint density at radius 2 is 2.35 bits per heavy atom. The number of halogens is 1. The minimum absolute atomic E-state index is 0.0475. The van der Waals surface area contributed by atoms with Gasteiger partial charge in [0, 0.05) is 31.5 Å². The van der Waals surface area contributed by atoms with Gasteiger partial charge >= 0.3 is 0 Å². The summed E-state index contributed by atoms with van der Waals surface area (Å²) in [6, 6.07) is 2.60. The smallest absolute Gasteiger partial charge is 0.254 e. The Labute approximate surface area is 100 Å². The Hall–Kier alpha value is -1.49. The van der Waals surface area contributed by atoms with Crippen LogP contribution in [-0.2, 0) is 4.74 Å². The Morgan fingerprint density at radius 1 is 1.65 bits per heavy atom. The molecule has 0 radical (unpaired) electrons. The van der Waals surface area contributed by atoms with E-state index in [1.807, 2.05) is 13.8 Å². The number of pyridine rings is 1. The van der Waals surface area contributed by atoms with E-state index in [-0.39, 0.29) is 11.9 Å². The molecule has 1 amide bonds. The SMILES string of the molecule is CCN(C(=O)c1ccnc(F)c1)C(C)COC. The first kappa shape index (κ1) is 13.6. The van der Waals surface area contributed by atoms with Crippen LogP contribution in [0.15, 0.2) is 18.3 Å². The van der Waals surface area contributed by atoms with E-state index >= 15 is 0 Å². The molecule has 4 nitrogen and oxygen atoms in total. The number of carbonyl (C=O) groups excluding carboxylic acids is 1. The predicted octanol–water partition coefficient (Wildman–Crippen LogP) is 1.72. The van der Waals surface area contributed by atoms with E-state index in [2.05, 4.69) is 4.98 Å². The van der Waals surface area contributed by atoms with Gasteiger partial charge in [0.2, 0.25) is 5.95 Å². The summed E-state index contributed by atoms with van der Waals surface area (Å²) < 4.78 is 18.0. The Morgan fingerprint density at radius 3 is 2.88 bits per heavy atom. The quantitative estimate of drug-likeness (QED) is 0.736. The third-order valence-corrected chi connectivity index (χ3v) is 2.51. The molecule has 0 aliphatic rings. The van der Waals surface area contributed by atoms with E-state index in [0.29, 0.717) is 18.7 Å². The van der Waals surface area contributed by atoms with Crippen molar-refractivity contribution in [1.29, 1.82) is 0 Å². The molecular formula is C12H17FN2O2. The molecule has 0 fully saturated rings. The third-order valence-electron chi connectivity index (χ3n) is 2.51. The van der Waals surface area contributed by atoms with Crippen molar-refractivity contribution in [1.82, 2.24) is 9.88 Å². The number of rotatable bonds is 5. The molecule has 0 saturated carbocycles. The number of hydrogen-bond acceptors (Lipinski definition) is 3. The fourth-order valence-electron chi connectivity index (χ4n) is 1.69. The summed E-state index contributed by atoms with van der Waals surface area (Å²) in [6.45, 7) is 4.77. The maximum absolute atomic E-state index is 12.9. The van der Waals surface area contributed by atoms with Crippen LogP contribution in [-0.4, -0.2) is 42.1 Å². The fraction of sp³-hybridized carbons (Fsp3) is 0.500. The zero-order valence-electron chi connectivity index (χ0n) is 10.3. The molecular weight excluding hydrogens is 223 g/mol. The van der Waals surface area contributed by atoms with Crippen LogP contribution in [0.4, 0.5) is 4.39 Å². The van der Waals surface area contributed by atoms with Gasteiger partial charge in [-0.2, -0.15) is 4.39 Å². The molecule has 1 aromatic rings. The number of methoxy groups -OCH3 is 1. The van der Waals surface area contributed by atoms with Crippen molar-refractivity contribution in [2.24, 2.45) is 0 Å². The molecule has 0 N–H and O–H groups in total. The average Bonchev–Trinajstić information content (AvgIpc) is 2.30. The van der Waals surface area contributed by atoms with Gasteiger partial charge in [-0.25, -0.2) is 4.98 Å². The summed E-state index contributed by atoms with van der Waals surface area (Å²) in [7, 11) is 1.58. The van der Waals surface area contributed by atoms with Crippen LogP contribution in [0.2, 0.25) is 0 Å². The molecule has 94 valence electrons. The van der Waals surface area contributed by atoms with E-state index in [9.17, 15) is 9.18 Å².